The molecule has 146 valence electrons. The lowest BCUT2D eigenvalue weighted by Gasteiger charge is -2.32. The van der Waals surface area contributed by atoms with E-state index in [9.17, 15) is 14.4 Å². The predicted molar refractivity (Wildman–Crippen MR) is 109 cm³/mol. The number of piperidine rings is 1. The van der Waals surface area contributed by atoms with E-state index in [1.807, 2.05) is 30.3 Å². The summed E-state index contributed by atoms with van der Waals surface area (Å²) in [6.07, 6.45) is 1.28. The Labute approximate surface area is 168 Å². The van der Waals surface area contributed by atoms with E-state index in [0.717, 1.165) is 5.56 Å². The Kier molecular flexibility index (Phi) is 6.52. The number of benzene rings is 2. The fourth-order valence-corrected chi connectivity index (χ4v) is 4.26. The maximum absolute atomic E-state index is 13.0. The molecule has 0 bridgehead atoms. The quantitative estimate of drug-likeness (QED) is 0.589. The van der Waals surface area contributed by atoms with Gasteiger partial charge in [0.2, 0.25) is 0 Å². The number of Topliss-reactive ketones (excluding diaryl/α,β-unsaturated/α-hetero) is 1. The van der Waals surface area contributed by atoms with Gasteiger partial charge in [0, 0.05) is 29.5 Å². The summed E-state index contributed by atoms with van der Waals surface area (Å²) in [6.45, 7) is 2.65. The Morgan fingerprint density at radius 3 is 2.25 bits per heavy atom. The fraction of sp³-hybridized carbons (Fsp3) is 0.318. The molecule has 0 saturated carbocycles. The highest BCUT2D eigenvalue weighted by Crippen LogP contribution is 2.29. The van der Waals surface area contributed by atoms with Crippen molar-refractivity contribution in [3.8, 4) is 0 Å². The molecule has 0 aromatic heterocycles. The molecule has 1 unspecified atom stereocenters. The zero-order valence-corrected chi connectivity index (χ0v) is 16.5. The third-order valence-corrected chi connectivity index (χ3v) is 6.15. The van der Waals surface area contributed by atoms with E-state index in [4.69, 9.17) is 5.11 Å². The Morgan fingerprint density at radius 1 is 1.00 bits per heavy atom. The van der Waals surface area contributed by atoms with Crippen LogP contribution in [0.2, 0.25) is 0 Å². The lowest BCUT2D eigenvalue weighted by molar-refractivity contribution is -0.136. The number of carboxylic acid groups (broad SMARTS) is 1. The molecule has 1 saturated heterocycles. The standard InChI is InChI=1S/C22H23NO4S/c1-15(22(26)27)28-19-10-6-5-9-18(19)21(25)23-13-11-17(12-14-23)20(24)16-7-3-2-4-8-16/h2-10,15,17H,11-14H2,1H3,(H,26,27). The van der Waals surface area contributed by atoms with Crippen molar-refractivity contribution in [3.05, 3.63) is 65.7 Å². The van der Waals surface area contributed by atoms with Gasteiger partial charge >= 0.3 is 5.97 Å². The number of nitrogens with zero attached hydrogens (tertiary/aromatic N) is 1. The number of rotatable bonds is 6. The Bertz CT molecular complexity index is 860. The first kappa shape index (κ1) is 20.1. The van der Waals surface area contributed by atoms with Gasteiger partial charge in [-0.25, -0.2) is 0 Å². The van der Waals surface area contributed by atoms with E-state index < -0.39 is 11.2 Å². The van der Waals surface area contributed by atoms with Gasteiger partial charge in [-0.3, -0.25) is 14.4 Å². The molecule has 0 aliphatic carbocycles. The van der Waals surface area contributed by atoms with Gasteiger partial charge in [-0.05, 0) is 31.9 Å². The number of aliphatic carboxylic acids is 1. The van der Waals surface area contributed by atoms with Crippen LogP contribution >= 0.6 is 11.8 Å². The second-order valence-electron chi connectivity index (χ2n) is 6.89. The van der Waals surface area contributed by atoms with E-state index in [0.29, 0.717) is 36.4 Å². The zero-order chi connectivity index (χ0) is 20.1. The fourth-order valence-electron chi connectivity index (χ4n) is 3.34. The molecule has 2 aromatic rings. The molecule has 5 nitrogen and oxygen atoms in total. The largest absolute Gasteiger partial charge is 0.480 e. The van der Waals surface area contributed by atoms with E-state index in [2.05, 4.69) is 0 Å². The van der Waals surface area contributed by atoms with E-state index in [-0.39, 0.29) is 17.6 Å². The highest BCUT2D eigenvalue weighted by molar-refractivity contribution is 8.00. The Morgan fingerprint density at radius 2 is 1.61 bits per heavy atom. The molecule has 28 heavy (non-hydrogen) atoms. The highest BCUT2D eigenvalue weighted by atomic mass is 32.2. The molecule has 1 aliphatic heterocycles. The van der Waals surface area contributed by atoms with Crippen LogP contribution in [0.5, 0.6) is 0 Å². The summed E-state index contributed by atoms with van der Waals surface area (Å²) in [4.78, 5) is 39.2. The van der Waals surface area contributed by atoms with Gasteiger partial charge in [0.1, 0.15) is 5.25 Å². The third kappa shape index (κ3) is 4.62. The van der Waals surface area contributed by atoms with E-state index in [1.54, 1.807) is 36.1 Å². The predicted octanol–water partition coefficient (Wildman–Crippen LogP) is 3.99. The van der Waals surface area contributed by atoms with Crippen LogP contribution in [0.25, 0.3) is 0 Å². The van der Waals surface area contributed by atoms with E-state index >= 15 is 0 Å². The summed E-state index contributed by atoms with van der Waals surface area (Å²) < 4.78 is 0. The van der Waals surface area contributed by atoms with Gasteiger partial charge in [-0.15, -0.1) is 11.8 Å². The summed E-state index contributed by atoms with van der Waals surface area (Å²) in [6, 6.07) is 16.4. The van der Waals surface area contributed by atoms with Gasteiger partial charge in [0.05, 0.1) is 5.56 Å². The van der Waals surface area contributed by atoms with Gasteiger partial charge < -0.3 is 10.0 Å². The molecule has 0 radical (unpaired) electrons. The number of amides is 1. The van der Waals surface area contributed by atoms with E-state index in [1.165, 1.54) is 11.8 Å². The number of likely N-dealkylation sites (tertiary alicyclic amines) is 1. The average Bonchev–Trinajstić information content (AvgIpc) is 2.74. The van der Waals surface area contributed by atoms with Crippen LogP contribution < -0.4 is 0 Å². The van der Waals surface area contributed by atoms with Crippen molar-refractivity contribution < 1.29 is 19.5 Å². The maximum Gasteiger partial charge on any atom is 0.316 e. The molecule has 6 heteroatoms. The molecular formula is C22H23NO4S. The number of carboxylic acids is 1. The number of carbonyl (C=O) groups is 3. The van der Waals surface area contributed by atoms with Crippen LogP contribution in [0.15, 0.2) is 59.5 Å². The van der Waals surface area contributed by atoms with Crippen LogP contribution in [0.3, 0.4) is 0 Å². The number of hydrogen-bond donors (Lipinski definition) is 1. The lowest BCUT2D eigenvalue weighted by Crippen LogP contribution is -2.40. The van der Waals surface area contributed by atoms with Gasteiger partial charge in [-0.2, -0.15) is 0 Å². The first-order valence-corrected chi connectivity index (χ1v) is 10.2. The minimum absolute atomic E-state index is 0.0666. The summed E-state index contributed by atoms with van der Waals surface area (Å²) >= 11 is 1.17. The van der Waals surface area contributed by atoms with Crippen molar-refractivity contribution in [3.63, 3.8) is 0 Å². The molecule has 1 N–H and O–H groups in total. The van der Waals surface area contributed by atoms with Crippen molar-refractivity contribution in [1.29, 1.82) is 0 Å². The summed E-state index contributed by atoms with van der Waals surface area (Å²) in [5.41, 5.74) is 1.24. The first-order valence-electron chi connectivity index (χ1n) is 9.34. The first-order chi connectivity index (χ1) is 13.5. The molecule has 0 spiro atoms. The summed E-state index contributed by atoms with van der Waals surface area (Å²) in [5.74, 6) is -0.944. The smallest absolute Gasteiger partial charge is 0.316 e. The molecule has 1 atom stereocenters. The number of thioether (sulfide) groups is 1. The normalized spacial score (nSPS) is 15.8. The van der Waals surface area contributed by atoms with Crippen LogP contribution in [-0.2, 0) is 4.79 Å². The molecule has 1 heterocycles. The number of ketones is 1. The number of carbonyl (C=O) groups excluding carboxylic acids is 2. The molecule has 2 aromatic carbocycles. The molecule has 3 rings (SSSR count). The third-order valence-electron chi connectivity index (χ3n) is 4.98. The Hall–Kier alpha value is -2.60. The van der Waals surface area contributed by atoms with Gasteiger partial charge in [0.15, 0.2) is 5.78 Å². The monoisotopic (exact) mass is 397 g/mol. The molecular weight excluding hydrogens is 374 g/mol. The van der Waals surface area contributed by atoms with Gasteiger partial charge in [0.25, 0.3) is 5.91 Å². The highest BCUT2D eigenvalue weighted by Gasteiger charge is 2.29. The van der Waals surface area contributed by atoms with Crippen LogP contribution in [0.1, 0.15) is 40.5 Å². The zero-order valence-electron chi connectivity index (χ0n) is 15.7. The van der Waals surface area contributed by atoms with Crippen LogP contribution in [0, 0.1) is 5.92 Å². The second-order valence-corrected chi connectivity index (χ2v) is 8.27. The topological polar surface area (TPSA) is 74.7 Å². The number of hydrogen-bond acceptors (Lipinski definition) is 4. The van der Waals surface area contributed by atoms with Gasteiger partial charge in [-0.1, -0.05) is 42.5 Å². The van der Waals surface area contributed by atoms with Crippen molar-refractivity contribution in [2.24, 2.45) is 5.92 Å². The minimum atomic E-state index is -0.910. The Balaban J connectivity index is 1.66. The maximum atomic E-state index is 13.0. The van der Waals surface area contributed by atoms with Crippen LogP contribution in [-0.4, -0.2) is 46.0 Å². The summed E-state index contributed by atoms with van der Waals surface area (Å²) in [7, 11) is 0. The van der Waals surface area contributed by atoms with Crippen molar-refractivity contribution in [2.45, 2.75) is 29.9 Å². The van der Waals surface area contributed by atoms with Crippen molar-refractivity contribution >= 4 is 29.4 Å². The average molecular weight is 397 g/mol. The molecule has 1 aliphatic rings. The van der Waals surface area contributed by atoms with Crippen molar-refractivity contribution in [1.82, 2.24) is 4.90 Å². The van der Waals surface area contributed by atoms with Crippen molar-refractivity contribution in [2.75, 3.05) is 13.1 Å². The SMILES string of the molecule is CC(Sc1ccccc1C(=O)N1CCC(C(=O)c2ccccc2)CC1)C(=O)O. The lowest BCUT2D eigenvalue weighted by atomic mass is 9.88. The second kappa shape index (κ2) is 9.06. The summed E-state index contributed by atoms with van der Waals surface area (Å²) in [5, 5.41) is 8.51. The molecule has 1 fully saturated rings. The minimum Gasteiger partial charge on any atom is -0.480 e. The molecule has 1 amide bonds. The van der Waals surface area contributed by atoms with Crippen LogP contribution in [0.4, 0.5) is 0 Å².